The number of nitrogens with one attached hydrogen (secondary N) is 1. The Balaban J connectivity index is 1.53. The normalized spacial score (nSPS) is 10.4. The van der Waals surface area contributed by atoms with Gasteiger partial charge < -0.3 is 14.2 Å². The SMILES string of the molecule is CCc1ccc(OCC(=O)Nc2nnc(Cc3ccc(OC)c(OC)c3)s2)cc1. The quantitative estimate of drug-likeness (QED) is 0.576. The van der Waals surface area contributed by atoms with Gasteiger partial charge in [0.1, 0.15) is 10.8 Å². The highest BCUT2D eigenvalue weighted by atomic mass is 32.1. The van der Waals surface area contributed by atoms with E-state index in [0.29, 0.717) is 28.8 Å². The first kappa shape index (κ1) is 20.6. The van der Waals surface area contributed by atoms with Crippen LogP contribution in [0.5, 0.6) is 17.2 Å². The molecule has 1 aromatic heterocycles. The van der Waals surface area contributed by atoms with Crippen LogP contribution >= 0.6 is 11.3 Å². The van der Waals surface area contributed by atoms with Crippen LogP contribution in [0.1, 0.15) is 23.1 Å². The summed E-state index contributed by atoms with van der Waals surface area (Å²) in [5, 5.41) is 12.1. The second-order valence-electron chi connectivity index (χ2n) is 6.20. The molecule has 3 aromatic rings. The summed E-state index contributed by atoms with van der Waals surface area (Å²) < 4.78 is 16.1. The van der Waals surface area contributed by atoms with Crippen molar-refractivity contribution in [3.63, 3.8) is 0 Å². The molecule has 0 spiro atoms. The fourth-order valence-corrected chi connectivity index (χ4v) is 3.46. The predicted molar refractivity (Wildman–Crippen MR) is 112 cm³/mol. The van der Waals surface area contributed by atoms with Crippen LogP contribution in [0.2, 0.25) is 0 Å². The van der Waals surface area contributed by atoms with E-state index >= 15 is 0 Å². The molecule has 0 aliphatic rings. The van der Waals surface area contributed by atoms with Gasteiger partial charge in [-0.2, -0.15) is 0 Å². The molecule has 1 N–H and O–H groups in total. The van der Waals surface area contributed by atoms with E-state index in [2.05, 4.69) is 22.4 Å². The monoisotopic (exact) mass is 413 g/mol. The standard InChI is InChI=1S/C21H23N3O4S/c1-4-14-5-8-16(9-6-14)28-13-19(25)22-21-24-23-20(29-21)12-15-7-10-17(26-2)18(11-15)27-3/h5-11H,4,12-13H2,1-3H3,(H,22,24,25). The summed E-state index contributed by atoms with van der Waals surface area (Å²) in [5.41, 5.74) is 2.23. The molecule has 7 nitrogen and oxygen atoms in total. The lowest BCUT2D eigenvalue weighted by atomic mass is 10.1. The highest BCUT2D eigenvalue weighted by Crippen LogP contribution is 2.29. The Kier molecular flexibility index (Phi) is 7.02. The number of amides is 1. The first-order valence-electron chi connectivity index (χ1n) is 9.16. The highest BCUT2D eigenvalue weighted by Gasteiger charge is 2.11. The van der Waals surface area contributed by atoms with Crippen molar-refractivity contribution in [2.45, 2.75) is 19.8 Å². The van der Waals surface area contributed by atoms with Gasteiger partial charge in [-0.15, -0.1) is 10.2 Å². The molecule has 29 heavy (non-hydrogen) atoms. The lowest BCUT2D eigenvalue weighted by Gasteiger charge is -2.08. The molecule has 0 unspecified atom stereocenters. The second-order valence-corrected chi connectivity index (χ2v) is 7.26. The first-order valence-corrected chi connectivity index (χ1v) is 9.97. The minimum absolute atomic E-state index is 0.0872. The Morgan fingerprint density at radius 2 is 1.72 bits per heavy atom. The summed E-state index contributed by atoms with van der Waals surface area (Å²) in [7, 11) is 3.20. The summed E-state index contributed by atoms with van der Waals surface area (Å²) >= 11 is 1.32. The van der Waals surface area contributed by atoms with Gasteiger partial charge in [0.2, 0.25) is 5.13 Å². The van der Waals surface area contributed by atoms with Crippen molar-refractivity contribution < 1.29 is 19.0 Å². The number of nitrogens with zero attached hydrogens (tertiary/aromatic N) is 2. The molecule has 1 heterocycles. The maximum atomic E-state index is 12.1. The third-order valence-electron chi connectivity index (χ3n) is 4.22. The minimum Gasteiger partial charge on any atom is -0.493 e. The molecular formula is C21H23N3O4S. The molecule has 152 valence electrons. The van der Waals surface area contributed by atoms with Crippen LogP contribution in [0.15, 0.2) is 42.5 Å². The van der Waals surface area contributed by atoms with E-state index in [1.54, 1.807) is 14.2 Å². The maximum absolute atomic E-state index is 12.1. The third-order valence-corrected chi connectivity index (χ3v) is 5.06. The zero-order chi connectivity index (χ0) is 20.6. The zero-order valence-electron chi connectivity index (χ0n) is 16.6. The van der Waals surface area contributed by atoms with Crippen LogP contribution in [0.4, 0.5) is 5.13 Å². The lowest BCUT2D eigenvalue weighted by Crippen LogP contribution is -2.20. The molecule has 0 aliphatic carbocycles. The smallest absolute Gasteiger partial charge is 0.264 e. The third kappa shape index (κ3) is 5.68. The lowest BCUT2D eigenvalue weighted by molar-refractivity contribution is -0.118. The van der Waals surface area contributed by atoms with Gasteiger partial charge in [0.05, 0.1) is 14.2 Å². The molecule has 8 heteroatoms. The van der Waals surface area contributed by atoms with Crippen molar-refractivity contribution in [2.24, 2.45) is 0 Å². The van der Waals surface area contributed by atoms with Crippen molar-refractivity contribution in [2.75, 3.05) is 26.1 Å². The summed E-state index contributed by atoms with van der Waals surface area (Å²) in [6.45, 7) is 2.00. The molecule has 0 fully saturated rings. The maximum Gasteiger partial charge on any atom is 0.264 e. The van der Waals surface area contributed by atoms with E-state index < -0.39 is 0 Å². The number of carbonyl (C=O) groups excluding carboxylic acids is 1. The molecule has 0 saturated carbocycles. The van der Waals surface area contributed by atoms with Gasteiger partial charge in [0, 0.05) is 6.42 Å². The topological polar surface area (TPSA) is 82.6 Å². The second kappa shape index (κ2) is 9.88. The number of hydrogen-bond donors (Lipinski definition) is 1. The van der Waals surface area contributed by atoms with Crippen molar-refractivity contribution in [3.8, 4) is 17.2 Å². The number of aromatic nitrogens is 2. The Morgan fingerprint density at radius 3 is 2.41 bits per heavy atom. The fourth-order valence-electron chi connectivity index (χ4n) is 2.67. The van der Waals surface area contributed by atoms with Gasteiger partial charge in [-0.05, 0) is 41.8 Å². The van der Waals surface area contributed by atoms with Crippen LogP contribution in [-0.2, 0) is 17.6 Å². The molecule has 0 aliphatic heterocycles. The Bertz CT molecular complexity index is 957. The molecule has 0 saturated heterocycles. The summed E-state index contributed by atoms with van der Waals surface area (Å²) in [6.07, 6.45) is 1.54. The van der Waals surface area contributed by atoms with Crippen molar-refractivity contribution in [1.29, 1.82) is 0 Å². The van der Waals surface area contributed by atoms with E-state index in [0.717, 1.165) is 17.0 Å². The van der Waals surface area contributed by atoms with Crippen LogP contribution < -0.4 is 19.5 Å². The van der Waals surface area contributed by atoms with Crippen molar-refractivity contribution in [3.05, 3.63) is 58.6 Å². The number of ether oxygens (including phenoxy) is 3. The number of methoxy groups -OCH3 is 2. The van der Waals surface area contributed by atoms with E-state index in [4.69, 9.17) is 14.2 Å². The van der Waals surface area contributed by atoms with E-state index in [1.807, 2.05) is 42.5 Å². The average molecular weight is 413 g/mol. The van der Waals surface area contributed by atoms with Crippen LogP contribution in [0.3, 0.4) is 0 Å². The Labute approximate surface area is 173 Å². The molecule has 0 radical (unpaired) electrons. The Morgan fingerprint density at radius 1 is 1.00 bits per heavy atom. The number of benzene rings is 2. The number of rotatable bonds is 9. The van der Waals surface area contributed by atoms with Crippen molar-refractivity contribution in [1.82, 2.24) is 10.2 Å². The number of carbonyl (C=O) groups is 1. The van der Waals surface area contributed by atoms with Gasteiger partial charge >= 0.3 is 0 Å². The highest BCUT2D eigenvalue weighted by molar-refractivity contribution is 7.15. The Hall–Kier alpha value is -3.13. The molecule has 1 amide bonds. The van der Waals surface area contributed by atoms with Crippen LogP contribution in [0.25, 0.3) is 0 Å². The fraction of sp³-hybridized carbons (Fsp3) is 0.286. The molecule has 0 bridgehead atoms. The summed E-state index contributed by atoms with van der Waals surface area (Å²) in [6, 6.07) is 13.4. The predicted octanol–water partition coefficient (Wildman–Crippen LogP) is 3.73. The van der Waals surface area contributed by atoms with E-state index in [1.165, 1.54) is 16.9 Å². The van der Waals surface area contributed by atoms with Gasteiger partial charge in [-0.1, -0.05) is 36.5 Å². The minimum atomic E-state index is -0.279. The molecule has 0 atom stereocenters. The number of hydrogen-bond acceptors (Lipinski definition) is 7. The van der Waals surface area contributed by atoms with Crippen molar-refractivity contribution >= 4 is 22.4 Å². The molecule has 3 rings (SSSR count). The zero-order valence-corrected chi connectivity index (χ0v) is 17.4. The van der Waals surface area contributed by atoms with Gasteiger partial charge in [-0.3, -0.25) is 10.1 Å². The largest absolute Gasteiger partial charge is 0.493 e. The summed E-state index contributed by atoms with van der Waals surface area (Å²) in [4.78, 5) is 12.1. The van der Waals surface area contributed by atoms with Crippen LogP contribution in [-0.4, -0.2) is 36.9 Å². The van der Waals surface area contributed by atoms with E-state index in [9.17, 15) is 4.79 Å². The number of anilines is 1. The van der Waals surface area contributed by atoms with Gasteiger partial charge in [-0.25, -0.2) is 0 Å². The average Bonchev–Trinajstić information content (AvgIpc) is 3.19. The number of aryl methyl sites for hydroxylation is 1. The van der Waals surface area contributed by atoms with Gasteiger partial charge in [0.25, 0.3) is 5.91 Å². The van der Waals surface area contributed by atoms with Gasteiger partial charge in [0.15, 0.2) is 18.1 Å². The first-order chi connectivity index (χ1) is 14.1. The van der Waals surface area contributed by atoms with Crippen LogP contribution in [0, 0.1) is 0 Å². The summed E-state index contributed by atoms with van der Waals surface area (Å²) in [5.74, 6) is 1.71. The molecular weight excluding hydrogens is 390 g/mol. The van der Waals surface area contributed by atoms with E-state index in [-0.39, 0.29) is 12.5 Å². The molecule has 2 aromatic carbocycles.